The number of rotatable bonds is 14. The zero-order valence-electron chi connectivity index (χ0n) is 40.4. The van der Waals surface area contributed by atoms with Gasteiger partial charge in [-0.15, -0.1) is 35.5 Å². The van der Waals surface area contributed by atoms with Crippen LogP contribution in [0.4, 0.5) is 51.2 Å². The van der Waals surface area contributed by atoms with Crippen molar-refractivity contribution in [2.45, 2.75) is 37.5 Å². The molecule has 24 nitrogen and oxygen atoms in total. The van der Waals surface area contributed by atoms with Gasteiger partial charge in [-0.1, -0.05) is 30.3 Å². The van der Waals surface area contributed by atoms with Crippen LogP contribution in [0.2, 0.25) is 0 Å². The van der Waals surface area contributed by atoms with Crippen LogP contribution in [0.5, 0.6) is 17.2 Å². The number of hydrogen-bond acceptors (Lipinski definition) is 22. The number of nitrogens with zero attached hydrogens (tertiary/aromatic N) is 8. The third kappa shape index (κ3) is 15.7. The van der Waals surface area contributed by atoms with Gasteiger partial charge in [0.05, 0.1) is 34.1 Å². The summed E-state index contributed by atoms with van der Waals surface area (Å²) in [5, 5.41) is 60.3. The van der Waals surface area contributed by atoms with Crippen LogP contribution in [0.1, 0.15) is 22.3 Å². The fourth-order valence-electron chi connectivity index (χ4n) is 7.11. The van der Waals surface area contributed by atoms with Crippen molar-refractivity contribution in [3.05, 3.63) is 156 Å². The predicted octanol–water partition coefficient (Wildman–Crippen LogP) is 12.2. The molecule has 0 saturated carbocycles. The lowest BCUT2D eigenvalue weighted by atomic mass is 10.1. The van der Waals surface area contributed by atoms with Crippen LogP contribution in [0.15, 0.2) is 184 Å². The van der Waals surface area contributed by atoms with Crippen molar-refractivity contribution in [1.82, 2.24) is 0 Å². The Bertz CT molecular complexity index is 4160. The van der Waals surface area contributed by atoms with E-state index >= 15 is 0 Å². The molecule has 77 heavy (non-hydrogen) atoms. The summed E-state index contributed by atoms with van der Waals surface area (Å²) in [5.41, 5.74) is 6.94. The molecule has 0 aliphatic rings. The third-order valence-corrected chi connectivity index (χ3v) is 12.6. The Labute approximate surface area is 441 Å². The van der Waals surface area contributed by atoms with E-state index < -0.39 is 51.2 Å². The molecule has 0 heterocycles. The zero-order valence-corrected chi connectivity index (χ0v) is 43.7. The molecule has 0 spiro atoms. The molecule has 0 unspecified atom stereocenters. The van der Waals surface area contributed by atoms with Gasteiger partial charge < -0.3 is 20.3 Å². The number of nitrogens with one attached hydrogen (secondary N) is 1. The van der Waals surface area contributed by atoms with Crippen molar-refractivity contribution < 1.29 is 66.1 Å². The minimum absolute atomic E-state index is 0.00853. The Morgan fingerprint density at radius 3 is 1.49 bits per heavy atom. The van der Waals surface area contributed by atoms with E-state index in [9.17, 15) is 36.2 Å². The van der Waals surface area contributed by atoms with E-state index in [0.717, 1.165) is 46.0 Å². The summed E-state index contributed by atoms with van der Waals surface area (Å²) in [4.78, 5) is -1.06. The van der Waals surface area contributed by atoms with E-state index in [0.29, 0.717) is 56.5 Å². The molecular formula is C49H41N9O15S4. The summed E-state index contributed by atoms with van der Waals surface area (Å²) < 4.78 is 124. The van der Waals surface area contributed by atoms with Crippen molar-refractivity contribution in [3.8, 4) is 17.2 Å². The fraction of sp³-hybridized carbons (Fsp3) is 0.102. The number of para-hydroxylation sites is 2. The number of phenolic OH excluding ortho intramolecular Hbond substituents is 2. The Balaban J connectivity index is 0.00000112. The van der Waals surface area contributed by atoms with Crippen molar-refractivity contribution in [2.24, 2.45) is 40.9 Å². The van der Waals surface area contributed by atoms with Gasteiger partial charge in [-0.3, -0.25) is 9.11 Å². The molecule has 0 aliphatic carbocycles. The van der Waals surface area contributed by atoms with Crippen LogP contribution in [0, 0.1) is 27.7 Å². The van der Waals surface area contributed by atoms with E-state index in [2.05, 4.69) is 46.2 Å². The molecule has 0 aromatic heterocycles. The highest BCUT2D eigenvalue weighted by atomic mass is 32.2. The lowest BCUT2D eigenvalue weighted by Gasteiger charge is -2.11. The molecule has 8 rings (SSSR count). The van der Waals surface area contributed by atoms with Gasteiger partial charge in [0.15, 0.2) is 24.0 Å². The van der Waals surface area contributed by atoms with Gasteiger partial charge in [0.1, 0.15) is 21.2 Å². The molecule has 0 aliphatic heterocycles. The van der Waals surface area contributed by atoms with Crippen LogP contribution in [0.3, 0.4) is 0 Å². The minimum atomic E-state index is -4.80. The van der Waals surface area contributed by atoms with E-state index in [1.54, 1.807) is 73.7 Å². The van der Waals surface area contributed by atoms with Crippen LogP contribution in [-0.4, -0.2) is 68.1 Å². The van der Waals surface area contributed by atoms with E-state index in [1.807, 2.05) is 57.2 Å². The molecule has 8 aromatic carbocycles. The van der Waals surface area contributed by atoms with E-state index in [-0.39, 0.29) is 34.7 Å². The van der Waals surface area contributed by atoms with Gasteiger partial charge in [-0.05, 0) is 164 Å². The van der Waals surface area contributed by atoms with Crippen LogP contribution in [-0.2, 0) is 41.5 Å². The zero-order chi connectivity index (χ0) is 56.2. The summed E-state index contributed by atoms with van der Waals surface area (Å²) in [5.74, 6) is 0.407. The molecule has 0 amide bonds. The number of ether oxygens (including phenoxy) is 1. The Hall–Kier alpha value is -9.06. The average molecular weight is 1120 g/mol. The number of fused-ring (bicyclic) bond motifs is 2. The summed E-state index contributed by atoms with van der Waals surface area (Å²) >= 11 is 0. The second kappa shape index (κ2) is 25.0. The predicted molar refractivity (Wildman–Crippen MR) is 281 cm³/mol. The molecule has 0 fully saturated rings. The molecule has 5 N–H and O–H groups in total. The van der Waals surface area contributed by atoms with Crippen LogP contribution >= 0.6 is 0 Å². The lowest BCUT2D eigenvalue weighted by molar-refractivity contribution is 0.323. The monoisotopic (exact) mass is 1120 g/mol. The van der Waals surface area contributed by atoms with Crippen molar-refractivity contribution in [2.75, 3.05) is 12.0 Å². The standard InChI is InChI=1S/C49H41N9O9S2.2O3S/c1-28-20-36(14-18-39(28)53-51-35-15-19-40(29(2)21-35)54-58-44-26-38-32(25-48(44)69(64,65)66)8-7-11-47(38)68(61,62)63)52-56-42-22-31(4)43(23-30(42)3)57-55-41-17-12-33-24-34(13-16-37(33)49(41)60)50-27-67-46-10-6-5-9-45(46)59;2*1-4(2)3/h5-26,50,59-60H,27H2,1-4H3,(H,61,62,63)(H,64,65,66);;. The first-order valence-electron chi connectivity index (χ1n) is 21.8. The largest absolute Gasteiger partial charge is 0.505 e. The maximum atomic E-state index is 12.2. The molecule has 0 radical (unpaired) electrons. The molecule has 0 atom stereocenters. The molecular weight excluding hydrogens is 1080 g/mol. The summed E-state index contributed by atoms with van der Waals surface area (Å²) in [6, 6.07) is 35.7. The van der Waals surface area contributed by atoms with Gasteiger partial charge >= 0.3 is 21.2 Å². The van der Waals surface area contributed by atoms with Crippen molar-refractivity contribution in [3.63, 3.8) is 0 Å². The molecule has 28 heteroatoms. The average Bonchev–Trinajstić information content (AvgIpc) is 3.37. The van der Waals surface area contributed by atoms with E-state index in [1.165, 1.54) is 12.1 Å². The first-order chi connectivity index (χ1) is 36.4. The molecule has 0 saturated heterocycles. The Morgan fingerprint density at radius 1 is 0.455 bits per heavy atom. The summed E-state index contributed by atoms with van der Waals surface area (Å²) in [6.45, 7) is 7.49. The van der Waals surface area contributed by atoms with E-state index in [4.69, 9.17) is 30.0 Å². The van der Waals surface area contributed by atoms with Gasteiger partial charge in [0.2, 0.25) is 0 Å². The first kappa shape index (κ1) is 57.2. The van der Waals surface area contributed by atoms with Crippen molar-refractivity contribution in [1.29, 1.82) is 0 Å². The van der Waals surface area contributed by atoms with Crippen LogP contribution in [0.25, 0.3) is 21.5 Å². The van der Waals surface area contributed by atoms with Gasteiger partial charge in [0, 0.05) is 16.5 Å². The smallest absolute Gasteiger partial charge is 0.425 e. The quantitative estimate of drug-likeness (QED) is 0.0383. The SMILES string of the molecule is Cc1cc(N=Nc2cc(C)c(N=Nc3ccc4cc(NCOc5ccccc5O)ccc4c3O)cc2C)ccc1N=Nc1ccc(N=Nc2cc3c(S(=O)(=O)O)cccc3cc2S(=O)(=O)O)c(C)c1.O=S(=O)=O.O=S(=O)=O. The van der Waals surface area contributed by atoms with Gasteiger partial charge in [-0.2, -0.15) is 47.5 Å². The molecule has 0 bridgehead atoms. The van der Waals surface area contributed by atoms with Gasteiger partial charge in [0.25, 0.3) is 20.2 Å². The number of anilines is 1. The topological polar surface area (TPSA) is 372 Å². The maximum absolute atomic E-state index is 12.2. The second-order valence-corrected chi connectivity index (χ2v) is 19.7. The number of hydrogen-bond donors (Lipinski definition) is 5. The number of aryl methyl sites for hydroxylation is 4. The normalized spacial score (nSPS) is 11.7. The molecule has 396 valence electrons. The number of azo groups is 4. The maximum Gasteiger partial charge on any atom is 0.425 e. The molecule has 8 aromatic rings. The fourth-order valence-corrected chi connectivity index (χ4v) is 8.46. The highest BCUT2D eigenvalue weighted by molar-refractivity contribution is 7.86. The van der Waals surface area contributed by atoms with Crippen molar-refractivity contribution >= 4 is 114 Å². The Morgan fingerprint density at radius 2 is 0.935 bits per heavy atom. The summed E-state index contributed by atoms with van der Waals surface area (Å²) in [7, 11) is -15.7. The van der Waals surface area contributed by atoms with Gasteiger partial charge in [-0.25, -0.2) is 0 Å². The lowest BCUT2D eigenvalue weighted by Crippen LogP contribution is -2.08. The number of phenols is 2. The Kier molecular flexibility index (Phi) is 18.6. The van der Waals surface area contributed by atoms with Crippen LogP contribution < -0.4 is 10.1 Å². The number of benzene rings is 8. The highest BCUT2D eigenvalue weighted by Gasteiger charge is 2.21. The first-order valence-corrected chi connectivity index (χ1v) is 26.7. The third-order valence-electron chi connectivity index (χ3n) is 10.8. The second-order valence-electron chi connectivity index (χ2n) is 16.1. The summed E-state index contributed by atoms with van der Waals surface area (Å²) in [6.07, 6.45) is 0. The highest BCUT2D eigenvalue weighted by Crippen LogP contribution is 2.39. The minimum Gasteiger partial charge on any atom is -0.505 e. The number of aromatic hydroxyl groups is 2.